The Morgan fingerprint density at radius 3 is 2.19 bits per heavy atom. The molecule has 10 atom stereocenters. The number of hydrogen-bond acceptors (Lipinski definition) is 12. The molecule has 12 heteroatoms. The molecule has 1 heterocycles. The molecule has 43 heavy (non-hydrogen) atoms. The van der Waals surface area contributed by atoms with E-state index < -0.39 is 82.0 Å². The molecule has 0 spiro atoms. The molecule has 0 aromatic heterocycles. The Hall–Kier alpha value is -2.99. The third kappa shape index (κ3) is 4.94. The summed E-state index contributed by atoms with van der Waals surface area (Å²) in [6.45, 7) is 6.70. The fourth-order valence-electron chi connectivity index (χ4n) is 9.80. The number of cyclic esters (lactones) is 1. The lowest BCUT2D eigenvalue weighted by molar-refractivity contribution is -0.320. The summed E-state index contributed by atoms with van der Waals surface area (Å²) in [5.41, 5.74) is -4.58. The predicted molar refractivity (Wildman–Crippen MR) is 146 cm³/mol. The highest BCUT2D eigenvalue weighted by Gasteiger charge is 2.77. The average molecular weight is 607 g/mol. The Morgan fingerprint density at radius 2 is 1.60 bits per heavy atom. The highest BCUT2D eigenvalue weighted by molar-refractivity contribution is 5.85. The van der Waals surface area contributed by atoms with Gasteiger partial charge >= 0.3 is 29.8 Å². The zero-order valence-corrected chi connectivity index (χ0v) is 25.4. The minimum absolute atomic E-state index is 0.0173. The van der Waals surface area contributed by atoms with Crippen molar-refractivity contribution in [1.82, 2.24) is 0 Å². The first kappa shape index (κ1) is 31.4. The average Bonchev–Trinajstić information content (AvgIpc) is 3.41. The van der Waals surface area contributed by atoms with Gasteiger partial charge < -0.3 is 33.9 Å². The van der Waals surface area contributed by atoms with Gasteiger partial charge in [0.15, 0.2) is 0 Å². The van der Waals surface area contributed by atoms with Crippen LogP contribution in [0.3, 0.4) is 0 Å². The van der Waals surface area contributed by atoms with Gasteiger partial charge in [-0.05, 0) is 49.5 Å². The molecule has 0 aromatic carbocycles. The van der Waals surface area contributed by atoms with Crippen LogP contribution in [0.1, 0.15) is 79.6 Å². The number of carbonyl (C=O) groups excluding carboxylic acids is 5. The van der Waals surface area contributed by atoms with Gasteiger partial charge in [0.2, 0.25) is 0 Å². The SMILES string of the molecule is CC(=O)OC[C@]12[C@H]3[C@H](OC(C)=O)C[C@]4(C)[C@@H](C5=CC(=O)OC5)CC[C@@]4(O)[C@H]3CC[C@]1(O)C[C@H](OC(C)=O)C[C@@H]2OC(C)=O. The predicted octanol–water partition coefficient (Wildman–Crippen LogP) is 1.92. The summed E-state index contributed by atoms with van der Waals surface area (Å²) in [5, 5.41) is 25.4. The van der Waals surface area contributed by atoms with Gasteiger partial charge in [0.05, 0.1) is 16.6 Å². The van der Waals surface area contributed by atoms with Crippen molar-refractivity contribution in [2.75, 3.05) is 13.2 Å². The minimum Gasteiger partial charge on any atom is -0.465 e. The van der Waals surface area contributed by atoms with Crippen LogP contribution in [0.2, 0.25) is 0 Å². The van der Waals surface area contributed by atoms with Crippen molar-refractivity contribution in [2.45, 2.75) is 109 Å². The summed E-state index contributed by atoms with van der Waals surface area (Å²) in [4.78, 5) is 61.4. The van der Waals surface area contributed by atoms with Gasteiger partial charge in [-0.3, -0.25) is 19.2 Å². The molecule has 0 unspecified atom stereocenters. The summed E-state index contributed by atoms with van der Waals surface area (Å²) < 4.78 is 28.3. The van der Waals surface area contributed by atoms with E-state index in [9.17, 15) is 34.2 Å². The maximum Gasteiger partial charge on any atom is 0.331 e. The fourth-order valence-corrected chi connectivity index (χ4v) is 9.80. The summed E-state index contributed by atoms with van der Waals surface area (Å²) in [5.74, 6) is -4.43. The zero-order valence-electron chi connectivity index (χ0n) is 25.4. The van der Waals surface area contributed by atoms with Crippen LogP contribution in [-0.4, -0.2) is 82.8 Å². The lowest BCUT2D eigenvalue weighted by atomic mass is 9.40. The van der Waals surface area contributed by atoms with Gasteiger partial charge in [-0.2, -0.15) is 0 Å². The summed E-state index contributed by atoms with van der Waals surface area (Å²) in [7, 11) is 0. The second-order valence-corrected chi connectivity index (χ2v) is 13.4. The molecule has 238 valence electrons. The van der Waals surface area contributed by atoms with Crippen molar-refractivity contribution in [3.05, 3.63) is 11.6 Å². The molecule has 0 saturated heterocycles. The summed E-state index contributed by atoms with van der Waals surface area (Å²) in [6, 6.07) is 0. The van der Waals surface area contributed by atoms with Crippen LogP contribution in [0.25, 0.3) is 0 Å². The molecule has 4 aliphatic carbocycles. The largest absolute Gasteiger partial charge is 0.465 e. The Balaban J connectivity index is 1.68. The van der Waals surface area contributed by atoms with Crippen LogP contribution in [-0.2, 0) is 47.7 Å². The van der Waals surface area contributed by atoms with E-state index >= 15 is 0 Å². The number of carbonyl (C=O) groups is 5. The van der Waals surface area contributed by atoms with Crippen molar-refractivity contribution in [3.8, 4) is 0 Å². The monoisotopic (exact) mass is 606 g/mol. The number of hydrogen-bond donors (Lipinski definition) is 2. The molecule has 1 aliphatic heterocycles. The van der Waals surface area contributed by atoms with E-state index in [0.29, 0.717) is 19.3 Å². The Morgan fingerprint density at radius 1 is 0.930 bits per heavy atom. The first-order valence-electron chi connectivity index (χ1n) is 15.0. The second kappa shape index (κ2) is 10.9. The van der Waals surface area contributed by atoms with Crippen LogP contribution in [0.15, 0.2) is 11.6 Å². The normalized spacial score (nSPS) is 43.2. The van der Waals surface area contributed by atoms with Gasteiger partial charge in [0.1, 0.15) is 31.5 Å². The quantitative estimate of drug-likeness (QED) is 0.333. The molecule has 0 radical (unpaired) electrons. The van der Waals surface area contributed by atoms with Crippen molar-refractivity contribution < 1.29 is 57.9 Å². The molecule has 4 saturated carbocycles. The number of esters is 5. The van der Waals surface area contributed by atoms with E-state index in [1.807, 2.05) is 6.92 Å². The highest BCUT2D eigenvalue weighted by atomic mass is 16.6. The standard InChI is InChI=1S/C31H42O12/c1-16(32)40-15-30-25(43-19(4)35)11-21(41-17(2)33)12-29(30,37)8-6-23-27(30)24(42-18(3)34)13-28(5)22(7-9-31(23,28)38)20-10-26(36)39-14-20/h10,21-25,27,37-38H,6-9,11-15H2,1-5H3/t21-,22-,23+,24-,25+,27-,28-,29+,30+,31-/m1/s1. The Labute approximate surface area is 250 Å². The van der Waals surface area contributed by atoms with Gasteiger partial charge in [-0.25, -0.2) is 4.79 Å². The van der Waals surface area contributed by atoms with Crippen molar-refractivity contribution in [3.63, 3.8) is 0 Å². The van der Waals surface area contributed by atoms with E-state index in [1.165, 1.54) is 33.8 Å². The molecule has 0 bridgehead atoms. The third-order valence-corrected chi connectivity index (χ3v) is 11.2. The topological polar surface area (TPSA) is 172 Å². The van der Waals surface area contributed by atoms with Crippen molar-refractivity contribution >= 4 is 29.8 Å². The lowest BCUT2D eigenvalue weighted by Gasteiger charge is -2.68. The molecular formula is C31H42O12. The van der Waals surface area contributed by atoms with Crippen LogP contribution in [0, 0.1) is 28.6 Å². The maximum atomic E-state index is 12.8. The van der Waals surface area contributed by atoms with E-state index in [-0.39, 0.29) is 44.8 Å². The second-order valence-electron chi connectivity index (χ2n) is 13.4. The number of aliphatic hydroxyl groups is 2. The molecule has 12 nitrogen and oxygen atoms in total. The van der Waals surface area contributed by atoms with Crippen LogP contribution < -0.4 is 0 Å². The molecular weight excluding hydrogens is 564 g/mol. The van der Waals surface area contributed by atoms with Gasteiger partial charge in [0, 0.05) is 57.9 Å². The van der Waals surface area contributed by atoms with E-state index in [4.69, 9.17) is 23.7 Å². The fraction of sp³-hybridized carbons (Fsp3) is 0.774. The summed E-state index contributed by atoms with van der Waals surface area (Å²) >= 11 is 0. The number of rotatable bonds is 6. The Bertz CT molecular complexity index is 1240. The summed E-state index contributed by atoms with van der Waals surface area (Å²) in [6.07, 6.45) is 0.250. The molecule has 0 amide bonds. The number of ether oxygens (including phenoxy) is 5. The molecule has 5 aliphatic rings. The first-order valence-corrected chi connectivity index (χ1v) is 15.0. The third-order valence-electron chi connectivity index (χ3n) is 11.2. The van der Waals surface area contributed by atoms with E-state index in [2.05, 4.69) is 0 Å². The highest BCUT2D eigenvalue weighted by Crippen LogP contribution is 2.71. The van der Waals surface area contributed by atoms with Gasteiger partial charge in [0.25, 0.3) is 0 Å². The van der Waals surface area contributed by atoms with Crippen molar-refractivity contribution in [1.29, 1.82) is 0 Å². The van der Waals surface area contributed by atoms with Crippen molar-refractivity contribution in [2.24, 2.45) is 28.6 Å². The van der Waals surface area contributed by atoms with Gasteiger partial charge in [-0.1, -0.05) is 6.92 Å². The molecule has 2 N–H and O–H groups in total. The van der Waals surface area contributed by atoms with Gasteiger partial charge in [-0.15, -0.1) is 0 Å². The molecule has 0 aromatic rings. The van der Waals surface area contributed by atoms with Crippen LogP contribution >= 0.6 is 0 Å². The number of fused-ring (bicyclic) bond motifs is 5. The lowest BCUT2D eigenvalue weighted by Crippen LogP contribution is -2.76. The smallest absolute Gasteiger partial charge is 0.331 e. The minimum atomic E-state index is -1.68. The van der Waals surface area contributed by atoms with E-state index in [0.717, 1.165) is 5.57 Å². The molecule has 5 rings (SSSR count). The zero-order chi connectivity index (χ0) is 31.5. The van der Waals surface area contributed by atoms with Crippen LogP contribution in [0.4, 0.5) is 0 Å². The Kier molecular flexibility index (Phi) is 7.95. The first-order chi connectivity index (χ1) is 20.1. The van der Waals surface area contributed by atoms with Crippen LogP contribution in [0.5, 0.6) is 0 Å². The molecule has 4 fully saturated rings. The van der Waals surface area contributed by atoms with E-state index in [1.54, 1.807) is 0 Å². The maximum absolute atomic E-state index is 12.8.